The largest absolute Gasteiger partial charge is 0.478 e. The fraction of sp³-hybridized carbons (Fsp3) is 0.167. The second-order valence-corrected chi connectivity index (χ2v) is 7.57. The summed E-state index contributed by atoms with van der Waals surface area (Å²) in [5.41, 5.74) is 0.271. The molecule has 8 heteroatoms. The van der Waals surface area contributed by atoms with Gasteiger partial charge in [-0.1, -0.05) is 18.2 Å². The molecule has 0 heterocycles. The van der Waals surface area contributed by atoms with Crippen LogP contribution in [-0.2, 0) is 14.6 Å². The van der Waals surface area contributed by atoms with E-state index >= 15 is 0 Å². The molecule has 0 aliphatic rings. The van der Waals surface area contributed by atoms with Gasteiger partial charge in [0.15, 0.2) is 21.5 Å². The van der Waals surface area contributed by atoms with Crippen molar-refractivity contribution in [2.45, 2.75) is 11.3 Å². The Morgan fingerprint density at radius 1 is 1.00 bits per heavy atom. The van der Waals surface area contributed by atoms with Gasteiger partial charge in [0.25, 0.3) is 0 Å². The Bertz CT molecular complexity index is 964. The summed E-state index contributed by atoms with van der Waals surface area (Å²) in [6.45, 7) is -0.462. The molecule has 138 valence electrons. The maximum absolute atomic E-state index is 13.7. The molecule has 0 bridgehead atoms. The maximum Gasteiger partial charge on any atom is 0.332 e. The van der Waals surface area contributed by atoms with Crippen LogP contribution in [0.2, 0.25) is 0 Å². The van der Waals surface area contributed by atoms with Crippen molar-refractivity contribution in [2.24, 2.45) is 0 Å². The van der Waals surface area contributed by atoms with Gasteiger partial charge in [-0.05, 0) is 41.0 Å². The predicted octanol–water partition coefficient (Wildman–Crippen LogP) is 2.64. The lowest BCUT2D eigenvalue weighted by Crippen LogP contribution is -2.08. The summed E-state index contributed by atoms with van der Waals surface area (Å²) in [5.74, 6) is -3.56. The fourth-order valence-electron chi connectivity index (χ4n) is 2.49. The molecule has 0 unspecified atom stereocenters. The van der Waals surface area contributed by atoms with Gasteiger partial charge in [-0.25, -0.2) is 22.0 Å². The third kappa shape index (κ3) is 4.33. The van der Waals surface area contributed by atoms with Crippen molar-refractivity contribution in [2.75, 3.05) is 12.9 Å². The molecule has 0 aromatic heterocycles. The van der Waals surface area contributed by atoms with Crippen LogP contribution in [0.3, 0.4) is 0 Å². The van der Waals surface area contributed by atoms with Gasteiger partial charge in [0.2, 0.25) is 0 Å². The molecule has 0 spiro atoms. The molecular formula is C18H16F2O5S. The normalized spacial score (nSPS) is 12.6. The summed E-state index contributed by atoms with van der Waals surface area (Å²) in [7, 11) is -3.45. The van der Waals surface area contributed by atoms with Gasteiger partial charge in [0, 0.05) is 24.9 Å². The van der Waals surface area contributed by atoms with E-state index in [4.69, 9.17) is 5.11 Å². The molecule has 2 aromatic carbocycles. The molecule has 0 radical (unpaired) electrons. The van der Waals surface area contributed by atoms with E-state index in [9.17, 15) is 27.1 Å². The second-order valence-electron chi connectivity index (χ2n) is 5.56. The lowest BCUT2D eigenvalue weighted by atomic mass is 9.91. The van der Waals surface area contributed by atoms with Gasteiger partial charge in [0.05, 0.1) is 4.90 Å². The molecular weight excluding hydrogens is 366 g/mol. The number of carboxylic acid groups (broad SMARTS) is 1. The van der Waals surface area contributed by atoms with Gasteiger partial charge < -0.3 is 10.2 Å². The van der Waals surface area contributed by atoms with Crippen LogP contribution in [-0.4, -0.2) is 37.5 Å². The third-order valence-electron chi connectivity index (χ3n) is 3.70. The van der Waals surface area contributed by atoms with E-state index < -0.39 is 34.0 Å². The minimum Gasteiger partial charge on any atom is -0.478 e. The maximum atomic E-state index is 13.7. The van der Waals surface area contributed by atoms with Crippen molar-refractivity contribution in [1.82, 2.24) is 0 Å². The number of aliphatic hydroxyl groups excluding tert-OH is 1. The summed E-state index contributed by atoms with van der Waals surface area (Å²) in [6.07, 6.45) is 0.806. The lowest BCUT2D eigenvalue weighted by molar-refractivity contribution is -0.132. The van der Waals surface area contributed by atoms with Crippen LogP contribution in [0.1, 0.15) is 17.5 Å². The smallest absolute Gasteiger partial charge is 0.332 e. The van der Waals surface area contributed by atoms with Crippen LogP contribution >= 0.6 is 0 Å². The number of aliphatic hydroxyl groups is 1. The number of carbonyl (C=O) groups is 1. The zero-order valence-corrected chi connectivity index (χ0v) is 14.6. The van der Waals surface area contributed by atoms with E-state index in [1.54, 1.807) is 0 Å². The average molecular weight is 382 g/mol. The van der Waals surface area contributed by atoms with Crippen molar-refractivity contribution in [3.63, 3.8) is 0 Å². The molecule has 26 heavy (non-hydrogen) atoms. The lowest BCUT2D eigenvalue weighted by Gasteiger charge is -2.14. The fourth-order valence-corrected chi connectivity index (χ4v) is 3.12. The number of halogens is 2. The summed E-state index contributed by atoms with van der Waals surface area (Å²) in [5, 5.41) is 18.6. The second kappa shape index (κ2) is 7.76. The molecule has 0 saturated heterocycles. The van der Waals surface area contributed by atoms with Gasteiger partial charge in [-0.15, -0.1) is 0 Å². The first kappa shape index (κ1) is 19.7. The molecule has 0 aliphatic carbocycles. The van der Waals surface area contributed by atoms with Crippen molar-refractivity contribution in [1.29, 1.82) is 0 Å². The van der Waals surface area contributed by atoms with Crippen molar-refractivity contribution < 1.29 is 32.2 Å². The van der Waals surface area contributed by atoms with E-state index in [1.807, 2.05) is 0 Å². The van der Waals surface area contributed by atoms with E-state index in [0.29, 0.717) is 5.56 Å². The monoisotopic (exact) mass is 382 g/mol. The van der Waals surface area contributed by atoms with Gasteiger partial charge >= 0.3 is 5.97 Å². The van der Waals surface area contributed by atoms with Gasteiger partial charge in [0.1, 0.15) is 0 Å². The van der Waals surface area contributed by atoms with Crippen LogP contribution in [0.5, 0.6) is 0 Å². The highest BCUT2D eigenvalue weighted by atomic mass is 32.2. The first-order valence-corrected chi connectivity index (χ1v) is 9.37. The number of aliphatic carboxylic acids is 1. The number of benzene rings is 2. The molecule has 0 aliphatic heterocycles. The molecule has 0 saturated carbocycles. The number of sulfone groups is 1. The molecule has 0 fully saturated rings. The number of rotatable bonds is 6. The van der Waals surface area contributed by atoms with E-state index in [2.05, 4.69) is 0 Å². The standard InChI is InChI=1S/C18H16F2O5S/c1-26(24,25)13-5-2-11(3-6-13)17(14(8-9-21)18(22)23)12-4-7-15(19)16(20)10-12/h2-7,10,21H,8-9H2,1H3,(H,22,23). The Hall–Kier alpha value is -2.58. The zero-order valence-electron chi connectivity index (χ0n) is 13.7. The quantitative estimate of drug-likeness (QED) is 0.750. The third-order valence-corrected chi connectivity index (χ3v) is 4.83. The Morgan fingerprint density at radius 3 is 2.04 bits per heavy atom. The molecule has 2 N–H and O–H groups in total. The van der Waals surface area contributed by atoms with Crippen LogP contribution in [0.25, 0.3) is 5.57 Å². The molecule has 0 atom stereocenters. The summed E-state index contributed by atoms with van der Waals surface area (Å²) < 4.78 is 50.1. The summed E-state index contributed by atoms with van der Waals surface area (Å²) in [4.78, 5) is 11.7. The van der Waals surface area contributed by atoms with E-state index in [0.717, 1.165) is 18.4 Å². The number of hydrogen-bond donors (Lipinski definition) is 2. The SMILES string of the molecule is CS(=O)(=O)c1ccc(C(=C(CCO)C(=O)O)c2ccc(F)c(F)c2)cc1. The molecule has 2 aromatic rings. The summed E-state index contributed by atoms with van der Waals surface area (Å²) >= 11 is 0. The van der Waals surface area contributed by atoms with Crippen molar-refractivity contribution in [3.05, 3.63) is 70.8 Å². The molecule has 0 amide bonds. The highest BCUT2D eigenvalue weighted by Crippen LogP contribution is 2.30. The number of carboxylic acids is 1. The van der Waals surface area contributed by atoms with Crippen LogP contribution < -0.4 is 0 Å². The van der Waals surface area contributed by atoms with Gasteiger partial charge in [-0.2, -0.15) is 0 Å². The van der Waals surface area contributed by atoms with E-state index in [1.165, 1.54) is 30.3 Å². The van der Waals surface area contributed by atoms with Crippen LogP contribution in [0.15, 0.2) is 52.9 Å². The Morgan fingerprint density at radius 2 is 1.58 bits per heavy atom. The topological polar surface area (TPSA) is 91.7 Å². The summed E-state index contributed by atoms with van der Waals surface area (Å²) in [6, 6.07) is 8.30. The Labute approximate surface area is 149 Å². The first-order chi connectivity index (χ1) is 12.1. The van der Waals surface area contributed by atoms with Gasteiger partial charge in [-0.3, -0.25) is 0 Å². The molecule has 2 rings (SSSR count). The Kier molecular flexibility index (Phi) is 5.89. The van der Waals surface area contributed by atoms with Crippen LogP contribution in [0.4, 0.5) is 8.78 Å². The highest BCUT2D eigenvalue weighted by Gasteiger charge is 2.19. The minimum absolute atomic E-state index is 0.0323. The predicted molar refractivity (Wildman–Crippen MR) is 91.3 cm³/mol. The highest BCUT2D eigenvalue weighted by molar-refractivity contribution is 7.90. The van der Waals surface area contributed by atoms with E-state index in [-0.39, 0.29) is 28.0 Å². The van der Waals surface area contributed by atoms with Crippen molar-refractivity contribution >= 4 is 21.4 Å². The van der Waals surface area contributed by atoms with Crippen molar-refractivity contribution in [3.8, 4) is 0 Å². The number of hydrogen-bond acceptors (Lipinski definition) is 4. The zero-order chi connectivity index (χ0) is 19.5. The Balaban J connectivity index is 2.73. The molecule has 5 nitrogen and oxygen atoms in total. The van der Waals surface area contributed by atoms with Crippen LogP contribution in [0, 0.1) is 11.6 Å². The first-order valence-electron chi connectivity index (χ1n) is 7.48. The minimum atomic E-state index is -3.45. The average Bonchev–Trinajstić information content (AvgIpc) is 2.57.